The van der Waals surface area contributed by atoms with Gasteiger partial charge in [-0.1, -0.05) is 6.92 Å². The Kier molecular flexibility index (Phi) is 4.75. The number of carbonyl (C=O) groups is 1. The Hall–Kier alpha value is -0.220. The molecule has 14 heavy (non-hydrogen) atoms. The quantitative estimate of drug-likeness (QED) is 0.759. The number of amides is 1. The second kappa shape index (κ2) is 5.61. The molecule has 1 heterocycles. The largest absolute Gasteiger partial charge is 0.345 e. The monoisotopic (exact) mass is 216 g/mol. The van der Waals surface area contributed by atoms with Crippen LogP contribution in [-0.2, 0) is 4.79 Å². The molecule has 1 N–H and O–H groups in total. The zero-order chi connectivity index (χ0) is 10.6. The Morgan fingerprint density at radius 1 is 1.64 bits per heavy atom. The average Bonchev–Trinajstić information content (AvgIpc) is 2.59. The van der Waals surface area contributed by atoms with Crippen LogP contribution in [0.4, 0.5) is 0 Å². The molecule has 1 fully saturated rings. The molecule has 82 valence electrons. The second-order valence-electron chi connectivity index (χ2n) is 3.87. The van der Waals surface area contributed by atoms with Crippen molar-refractivity contribution in [1.82, 2.24) is 10.2 Å². The van der Waals surface area contributed by atoms with Gasteiger partial charge < -0.3 is 10.2 Å². The molecule has 2 atom stereocenters. The number of likely N-dealkylation sites (N-methyl/N-ethyl adjacent to an activating group) is 1. The van der Waals surface area contributed by atoms with Crippen LogP contribution >= 0.6 is 11.8 Å². The Morgan fingerprint density at radius 2 is 2.36 bits per heavy atom. The van der Waals surface area contributed by atoms with Crippen molar-refractivity contribution in [3.63, 3.8) is 0 Å². The molecule has 0 aromatic rings. The van der Waals surface area contributed by atoms with Gasteiger partial charge in [-0.05, 0) is 13.3 Å². The van der Waals surface area contributed by atoms with E-state index in [4.69, 9.17) is 0 Å². The van der Waals surface area contributed by atoms with Gasteiger partial charge in [0.05, 0.1) is 6.54 Å². The smallest absolute Gasteiger partial charge is 0.236 e. The number of nitrogens with one attached hydrogen (secondary N) is 1. The van der Waals surface area contributed by atoms with Crippen molar-refractivity contribution in [2.24, 2.45) is 0 Å². The van der Waals surface area contributed by atoms with Crippen LogP contribution in [0.2, 0.25) is 0 Å². The Labute approximate surface area is 90.6 Å². The zero-order valence-corrected chi connectivity index (χ0v) is 10.1. The molecule has 0 bridgehead atoms. The van der Waals surface area contributed by atoms with Gasteiger partial charge in [0.25, 0.3) is 0 Å². The molecule has 1 amide bonds. The topological polar surface area (TPSA) is 32.3 Å². The van der Waals surface area contributed by atoms with E-state index in [9.17, 15) is 4.79 Å². The van der Waals surface area contributed by atoms with Crippen LogP contribution in [0, 0.1) is 0 Å². The van der Waals surface area contributed by atoms with E-state index in [1.165, 1.54) is 6.42 Å². The molecule has 2 unspecified atom stereocenters. The van der Waals surface area contributed by atoms with Gasteiger partial charge in [0.2, 0.25) is 5.91 Å². The van der Waals surface area contributed by atoms with Crippen LogP contribution in [0.1, 0.15) is 20.3 Å². The number of hydrogen-bond acceptors (Lipinski definition) is 3. The molecule has 0 saturated carbocycles. The predicted octanol–water partition coefficient (Wildman–Crippen LogP) is 0.948. The summed E-state index contributed by atoms with van der Waals surface area (Å²) in [5.41, 5.74) is 0. The summed E-state index contributed by atoms with van der Waals surface area (Å²) in [7, 11) is 1.84. The molecule has 0 spiro atoms. The van der Waals surface area contributed by atoms with Gasteiger partial charge >= 0.3 is 0 Å². The van der Waals surface area contributed by atoms with Crippen LogP contribution in [-0.4, -0.2) is 48.0 Å². The molecule has 4 heteroatoms. The number of hydrogen-bond donors (Lipinski definition) is 1. The van der Waals surface area contributed by atoms with Crippen LogP contribution < -0.4 is 5.32 Å². The maximum atomic E-state index is 11.5. The summed E-state index contributed by atoms with van der Waals surface area (Å²) in [6.45, 7) is 5.51. The molecule has 3 nitrogen and oxygen atoms in total. The van der Waals surface area contributed by atoms with Crippen molar-refractivity contribution in [2.75, 3.05) is 25.9 Å². The minimum Gasteiger partial charge on any atom is -0.345 e. The molecular formula is C10H20N2OS. The summed E-state index contributed by atoms with van der Waals surface area (Å²) in [6.07, 6.45) is 1.19. The maximum absolute atomic E-state index is 11.5. The molecule has 0 aliphatic carbocycles. The highest BCUT2D eigenvalue weighted by atomic mass is 32.2. The molecule has 1 aliphatic rings. The van der Waals surface area contributed by atoms with Crippen molar-refractivity contribution >= 4 is 17.7 Å². The normalized spacial score (nSPS) is 26.5. The Morgan fingerprint density at radius 3 is 2.86 bits per heavy atom. The lowest BCUT2D eigenvalue weighted by molar-refractivity contribution is -0.128. The van der Waals surface area contributed by atoms with Crippen molar-refractivity contribution in [3.05, 3.63) is 0 Å². The molecule has 1 aliphatic heterocycles. The highest BCUT2D eigenvalue weighted by Gasteiger charge is 2.22. The van der Waals surface area contributed by atoms with Gasteiger partial charge in [0.1, 0.15) is 0 Å². The van der Waals surface area contributed by atoms with Crippen LogP contribution in [0.25, 0.3) is 0 Å². The Bertz CT molecular complexity index is 199. The van der Waals surface area contributed by atoms with Gasteiger partial charge in [0, 0.05) is 30.6 Å². The summed E-state index contributed by atoms with van der Waals surface area (Å²) >= 11 is 1.98. The lowest BCUT2D eigenvalue weighted by Crippen LogP contribution is -2.40. The highest BCUT2D eigenvalue weighted by molar-refractivity contribution is 8.00. The Balaban J connectivity index is 2.17. The fraction of sp³-hybridized carbons (Fsp3) is 0.900. The first-order chi connectivity index (χ1) is 6.63. The summed E-state index contributed by atoms with van der Waals surface area (Å²) in [6, 6.07) is 0.532. The molecule has 1 rings (SSSR count). The second-order valence-corrected chi connectivity index (χ2v) is 5.34. The minimum absolute atomic E-state index is 0.192. The predicted molar refractivity (Wildman–Crippen MR) is 61.6 cm³/mol. The van der Waals surface area contributed by atoms with Crippen molar-refractivity contribution in [2.45, 2.75) is 31.6 Å². The van der Waals surface area contributed by atoms with E-state index in [2.05, 4.69) is 12.2 Å². The lowest BCUT2D eigenvalue weighted by atomic mass is 10.2. The summed E-state index contributed by atoms with van der Waals surface area (Å²) in [5, 5.41) is 4.06. The third-order valence-corrected chi connectivity index (χ3v) is 4.00. The third kappa shape index (κ3) is 3.50. The lowest BCUT2D eigenvalue weighted by Gasteiger charge is -2.17. The van der Waals surface area contributed by atoms with E-state index < -0.39 is 0 Å². The van der Waals surface area contributed by atoms with Crippen LogP contribution in [0.15, 0.2) is 0 Å². The molecular weight excluding hydrogens is 196 g/mol. The van der Waals surface area contributed by atoms with Gasteiger partial charge in [-0.15, -0.1) is 0 Å². The molecule has 0 aromatic carbocycles. The van der Waals surface area contributed by atoms with E-state index in [0.29, 0.717) is 12.6 Å². The summed E-state index contributed by atoms with van der Waals surface area (Å²) < 4.78 is 0. The van der Waals surface area contributed by atoms with E-state index in [1.807, 2.05) is 25.7 Å². The standard InChI is InChI=1S/C10H20N2OS/c1-4-12(3)10(13)6-11-9-5-8(2)14-7-9/h8-9,11H,4-7H2,1-3H3. The number of thioether (sulfide) groups is 1. The summed E-state index contributed by atoms with van der Waals surface area (Å²) in [5.74, 6) is 1.33. The minimum atomic E-state index is 0.192. The first kappa shape index (κ1) is 11.9. The van der Waals surface area contributed by atoms with Crippen molar-refractivity contribution in [1.29, 1.82) is 0 Å². The van der Waals surface area contributed by atoms with Gasteiger partial charge in [0.15, 0.2) is 0 Å². The highest BCUT2D eigenvalue weighted by Crippen LogP contribution is 2.25. The zero-order valence-electron chi connectivity index (χ0n) is 9.25. The first-order valence-electron chi connectivity index (χ1n) is 5.22. The van der Waals surface area contributed by atoms with E-state index >= 15 is 0 Å². The van der Waals surface area contributed by atoms with E-state index in [0.717, 1.165) is 17.5 Å². The van der Waals surface area contributed by atoms with Crippen LogP contribution in [0.3, 0.4) is 0 Å². The number of carbonyl (C=O) groups excluding carboxylic acids is 1. The van der Waals surface area contributed by atoms with Crippen molar-refractivity contribution < 1.29 is 4.79 Å². The molecule has 0 aromatic heterocycles. The first-order valence-corrected chi connectivity index (χ1v) is 6.27. The fourth-order valence-electron chi connectivity index (χ4n) is 1.50. The van der Waals surface area contributed by atoms with Gasteiger partial charge in [-0.25, -0.2) is 0 Å². The maximum Gasteiger partial charge on any atom is 0.236 e. The van der Waals surface area contributed by atoms with Crippen molar-refractivity contribution in [3.8, 4) is 0 Å². The molecule has 0 radical (unpaired) electrons. The molecule has 1 saturated heterocycles. The van der Waals surface area contributed by atoms with Gasteiger partial charge in [-0.3, -0.25) is 4.79 Å². The van der Waals surface area contributed by atoms with E-state index in [1.54, 1.807) is 4.90 Å². The fourth-order valence-corrected chi connectivity index (χ4v) is 2.69. The third-order valence-electron chi connectivity index (χ3n) is 2.64. The average molecular weight is 216 g/mol. The van der Waals surface area contributed by atoms with Gasteiger partial charge in [-0.2, -0.15) is 11.8 Å². The number of nitrogens with zero attached hydrogens (tertiary/aromatic N) is 1. The number of rotatable bonds is 4. The van der Waals surface area contributed by atoms with Crippen LogP contribution in [0.5, 0.6) is 0 Å². The summed E-state index contributed by atoms with van der Waals surface area (Å²) in [4.78, 5) is 13.2. The SMILES string of the molecule is CCN(C)C(=O)CNC1CSC(C)C1. The van der Waals surface area contributed by atoms with E-state index in [-0.39, 0.29) is 5.91 Å².